The molecular formula is C24H29NOPS+. The highest BCUT2D eigenvalue weighted by Crippen LogP contribution is 2.57. The van der Waals surface area contributed by atoms with Crippen LogP contribution < -0.4 is 15.3 Å². The maximum Gasteiger partial charge on any atom is 0.264 e. The Labute approximate surface area is 172 Å². The summed E-state index contributed by atoms with van der Waals surface area (Å²) < 4.78 is 17.2. The van der Waals surface area contributed by atoms with Crippen molar-refractivity contribution in [1.29, 1.82) is 0 Å². The predicted molar refractivity (Wildman–Crippen MR) is 121 cm³/mol. The normalized spacial score (nSPS) is 20.3. The topological polar surface area (TPSA) is 20.9 Å². The lowest BCUT2D eigenvalue weighted by molar-refractivity contribution is -0.581. The van der Waals surface area contributed by atoms with Crippen LogP contribution in [0.25, 0.3) is 5.69 Å². The number of benzene rings is 2. The van der Waals surface area contributed by atoms with E-state index >= 15 is 0 Å². The zero-order valence-corrected chi connectivity index (χ0v) is 19.3. The minimum Gasteiger partial charge on any atom is -0.307 e. The lowest BCUT2D eigenvalue weighted by Gasteiger charge is -2.35. The van der Waals surface area contributed by atoms with Gasteiger partial charge in [0.15, 0.2) is 0 Å². The van der Waals surface area contributed by atoms with E-state index in [2.05, 4.69) is 88.6 Å². The van der Waals surface area contributed by atoms with Gasteiger partial charge in [-0.1, -0.05) is 95.3 Å². The van der Waals surface area contributed by atoms with Gasteiger partial charge in [-0.25, -0.2) is 0 Å². The second-order valence-corrected chi connectivity index (χ2v) is 13.1. The Morgan fingerprint density at radius 2 is 1.54 bits per heavy atom. The summed E-state index contributed by atoms with van der Waals surface area (Å²) in [6.07, 6.45) is 0. The van der Waals surface area contributed by atoms with Gasteiger partial charge in [0.05, 0.1) is 4.88 Å². The van der Waals surface area contributed by atoms with Gasteiger partial charge >= 0.3 is 0 Å². The van der Waals surface area contributed by atoms with Crippen molar-refractivity contribution >= 4 is 29.2 Å². The Balaban J connectivity index is 2.19. The quantitative estimate of drug-likeness (QED) is 0.412. The van der Waals surface area contributed by atoms with Gasteiger partial charge < -0.3 is 4.57 Å². The van der Waals surface area contributed by atoms with E-state index in [0.29, 0.717) is 5.92 Å². The number of aromatic nitrogens is 1. The molecule has 0 saturated heterocycles. The summed E-state index contributed by atoms with van der Waals surface area (Å²) in [5.41, 5.74) is 3.26. The van der Waals surface area contributed by atoms with Crippen LogP contribution in [0.4, 0.5) is 0 Å². The third-order valence-corrected chi connectivity index (χ3v) is 11.4. The molecule has 1 aliphatic rings. The summed E-state index contributed by atoms with van der Waals surface area (Å²) in [6.45, 7) is 13.3. The highest BCUT2D eigenvalue weighted by molar-refractivity contribution is 7.79. The van der Waals surface area contributed by atoms with E-state index < -0.39 is 7.14 Å². The standard InChI is InChI=1S/C24H29NOPS/c1-16(2)23-25(18-12-8-7-9-13-18)22-21(28-23)24(5,6)19-14-10-11-15-20(19)27(22,26)17(3)4/h7-17H,1-6H3/q+1. The van der Waals surface area contributed by atoms with Gasteiger partial charge in [-0.15, -0.1) is 4.57 Å². The van der Waals surface area contributed by atoms with E-state index in [9.17, 15) is 4.57 Å². The highest BCUT2D eigenvalue weighted by atomic mass is 32.1. The number of rotatable bonds is 3. The van der Waals surface area contributed by atoms with Crippen LogP contribution in [0.1, 0.15) is 62.9 Å². The van der Waals surface area contributed by atoms with Crippen molar-refractivity contribution in [3.05, 3.63) is 70.0 Å². The molecule has 3 aromatic rings. The predicted octanol–water partition coefficient (Wildman–Crippen LogP) is 5.51. The van der Waals surface area contributed by atoms with Crippen molar-refractivity contribution < 1.29 is 9.13 Å². The molecule has 1 aliphatic heterocycles. The Morgan fingerprint density at radius 1 is 0.929 bits per heavy atom. The van der Waals surface area contributed by atoms with Gasteiger partial charge in [-0.3, -0.25) is 0 Å². The van der Waals surface area contributed by atoms with E-state index in [-0.39, 0.29) is 11.1 Å². The molecule has 28 heavy (non-hydrogen) atoms. The van der Waals surface area contributed by atoms with Crippen LogP contribution in [-0.4, -0.2) is 5.66 Å². The number of hydrogen-bond acceptors (Lipinski definition) is 2. The molecule has 1 atom stereocenters. The molecule has 1 aromatic heterocycles. The lowest BCUT2D eigenvalue weighted by Crippen LogP contribution is -2.54. The smallest absolute Gasteiger partial charge is 0.264 e. The Morgan fingerprint density at radius 3 is 2.14 bits per heavy atom. The minimum absolute atomic E-state index is 0.0491. The van der Waals surface area contributed by atoms with Crippen molar-refractivity contribution in [3.8, 4) is 5.69 Å². The Hall–Kier alpha value is -1.70. The van der Waals surface area contributed by atoms with Crippen LogP contribution in [0, 0.1) is 0 Å². The summed E-state index contributed by atoms with van der Waals surface area (Å²) in [7, 11) is -2.79. The van der Waals surface area contributed by atoms with Crippen molar-refractivity contribution in [2.45, 2.75) is 58.5 Å². The molecule has 4 heteroatoms. The number of fused-ring (bicyclic) bond motifs is 2. The van der Waals surface area contributed by atoms with Crippen LogP contribution in [0.15, 0.2) is 54.6 Å². The van der Waals surface area contributed by atoms with E-state index in [4.69, 9.17) is 0 Å². The summed E-state index contributed by atoms with van der Waals surface area (Å²) >= 11 is 1.85. The fraction of sp³-hybridized carbons (Fsp3) is 0.375. The van der Waals surface area contributed by atoms with Crippen LogP contribution in [0.5, 0.6) is 0 Å². The van der Waals surface area contributed by atoms with Gasteiger partial charge in [-0.05, 0) is 5.56 Å². The van der Waals surface area contributed by atoms with E-state index in [1.807, 2.05) is 23.5 Å². The molecule has 2 nitrogen and oxygen atoms in total. The van der Waals surface area contributed by atoms with Crippen molar-refractivity contribution in [2.75, 3.05) is 0 Å². The Kier molecular flexibility index (Phi) is 4.68. The van der Waals surface area contributed by atoms with E-state index in [0.717, 1.165) is 16.4 Å². The maximum atomic E-state index is 14.9. The van der Waals surface area contributed by atoms with Crippen LogP contribution >= 0.6 is 18.5 Å². The fourth-order valence-corrected chi connectivity index (χ4v) is 9.65. The molecule has 0 spiro atoms. The van der Waals surface area contributed by atoms with Crippen LogP contribution in [-0.2, 0) is 9.98 Å². The van der Waals surface area contributed by atoms with Crippen molar-refractivity contribution in [1.82, 2.24) is 0 Å². The number of para-hydroxylation sites is 1. The summed E-state index contributed by atoms with van der Waals surface area (Å²) in [5.74, 6) is 0.357. The molecular weight excluding hydrogens is 381 g/mol. The van der Waals surface area contributed by atoms with Gasteiger partial charge in [0.25, 0.3) is 5.44 Å². The van der Waals surface area contributed by atoms with E-state index in [1.165, 1.54) is 15.4 Å². The maximum absolute atomic E-state index is 14.9. The van der Waals surface area contributed by atoms with Crippen LogP contribution in [0.3, 0.4) is 0 Å². The minimum atomic E-state index is -2.79. The molecule has 0 amide bonds. The molecule has 0 saturated carbocycles. The van der Waals surface area contributed by atoms with Gasteiger partial charge in [0, 0.05) is 34.4 Å². The Bertz CT molecular complexity index is 1080. The number of hydrogen-bond donors (Lipinski definition) is 0. The zero-order chi connectivity index (χ0) is 20.3. The third kappa shape index (κ3) is 2.60. The molecule has 0 aliphatic carbocycles. The highest BCUT2D eigenvalue weighted by Gasteiger charge is 2.54. The summed E-state index contributed by atoms with van der Waals surface area (Å²) in [5, 5.41) is 2.32. The molecule has 2 heterocycles. The summed E-state index contributed by atoms with van der Waals surface area (Å²) in [6, 6.07) is 18.8. The lowest BCUT2D eigenvalue weighted by atomic mass is 9.83. The van der Waals surface area contributed by atoms with Crippen molar-refractivity contribution in [3.63, 3.8) is 0 Å². The molecule has 2 aromatic carbocycles. The van der Waals surface area contributed by atoms with Crippen LogP contribution in [0.2, 0.25) is 0 Å². The first-order valence-electron chi connectivity index (χ1n) is 10.1. The first kappa shape index (κ1) is 19.6. The van der Waals surface area contributed by atoms with Gasteiger partial charge in [0.1, 0.15) is 0 Å². The van der Waals surface area contributed by atoms with Gasteiger partial charge in [0.2, 0.25) is 17.8 Å². The SMILES string of the molecule is CC(C)c1sc2c([n+]1-c1ccccc1)P(=O)(C(C)C)c1ccccc1C2(C)C. The number of thiazole rings is 1. The third-order valence-electron chi connectivity index (χ3n) is 5.90. The van der Waals surface area contributed by atoms with Crippen molar-refractivity contribution in [2.24, 2.45) is 0 Å². The summed E-state index contributed by atoms with van der Waals surface area (Å²) in [4.78, 5) is 1.26. The fourth-order valence-electron chi connectivity index (χ4n) is 4.36. The van der Waals surface area contributed by atoms with E-state index in [1.54, 1.807) is 0 Å². The molecule has 0 bridgehead atoms. The zero-order valence-electron chi connectivity index (χ0n) is 17.6. The first-order chi connectivity index (χ1) is 13.2. The number of nitrogens with zero attached hydrogens (tertiary/aromatic N) is 1. The second kappa shape index (κ2) is 6.68. The average molecular weight is 411 g/mol. The molecule has 0 radical (unpaired) electrons. The second-order valence-electron chi connectivity index (χ2n) is 8.81. The van der Waals surface area contributed by atoms with Gasteiger partial charge in [-0.2, -0.15) is 0 Å². The molecule has 0 fully saturated rings. The molecule has 1 unspecified atom stereocenters. The average Bonchev–Trinajstić information content (AvgIpc) is 3.10. The molecule has 4 rings (SSSR count). The largest absolute Gasteiger partial charge is 0.307 e. The molecule has 146 valence electrons. The molecule has 0 N–H and O–H groups in total. The first-order valence-corrected chi connectivity index (χ1v) is 12.6. The monoisotopic (exact) mass is 410 g/mol.